The third-order valence-corrected chi connectivity index (χ3v) is 3.30. The van der Waals surface area contributed by atoms with E-state index < -0.39 is 0 Å². The summed E-state index contributed by atoms with van der Waals surface area (Å²) >= 11 is 3.34. The topological polar surface area (TPSA) is 61.8 Å². The number of aliphatic hydroxyl groups is 1. The number of nitrogens with zero attached hydrogens (tertiary/aromatic N) is 1. The molecule has 100 valence electrons. The number of nitrogens with one attached hydrogen (secondary N) is 1. The number of ether oxygens (including phenoxy) is 1. The molecule has 1 aromatic rings. The van der Waals surface area contributed by atoms with Gasteiger partial charge in [-0.15, -0.1) is 0 Å². The second kappa shape index (κ2) is 6.61. The number of halogens is 1. The van der Waals surface area contributed by atoms with Crippen LogP contribution in [0, 0.1) is 0 Å². The van der Waals surface area contributed by atoms with E-state index in [4.69, 9.17) is 9.84 Å². The molecule has 0 aromatic heterocycles. The van der Waals surface area contributed by atoms with Crippen LogP contribution in [0.5, 0.6) is 5.75 Å². The van der Waals surface area contributed by atoms with Gasteiger partial charge in [0.2, 0.25) is 0 Å². The Hall–Kier alpha value is -1.27. The maximum absolute atomic E-state index is 11.8. The molecule has 1 atom stereocenters. The predicted octanol–water partition coefficient (Wildman–Crippen LogP) is 2.30. The van der Waals surface area contributed by atoms with Gasteiger partial charge in [0.1, 0.15) is 5.75 Å². The van der Waals surface area contributed by atoms with E-state index in [1.807, 2.05) is 0 Å². The van der Waals surface area contributed by atoms with Crippen LogP contribution in [0.15, 0.2) is 22.7 Å². The lowest BCUT2D eigenvalue weighted by Crippen LogP contribution is -2.40. The van der Waals surface area contributed by atoms with Crippen LogP contribution in [0.2, 0.25) is 0 Å². The van der Waals surface area contributed by atoms with Crippen LogP contribution < -0.4 is 10.1 Å². The fourth-order valence-electron chi connectivity index (χ4n) is 1.27. The van der Waals surface area contributed by atoms with E-state index in [0.29, 0.717) is 11.4 Å². The highest BCUT2D eigenvalue weighted by molar-refractivity contribution is 9.10. The highest BCUT2D eigenvalue weighted by Gasteiger charge is 2.15. The molecule has 1 rings (SSSR count). The number of hydrogen-bond acceptors (Lipinski definition) is 3. The smallest absolute Gasteiger partial charge is 0.321 e. The number of rotatable bonds is 4. The Labute approximate surface area is 115 Å². The van der Waals surface area contributed by atoms with Crippen molar-refractivity contribution in [3.05, 3.63) is 22.7 Å². The average Bonchev–Trinajstić information content (AvgIpc) is 2.38. The Kier molecular flexibility index (Phi) is 5.43. The van der Waals surface area contributed by atoms with E-state index in [9.17, 15) is 4.79 Å². The van der Waals surface area contributed by atoms with Gasteiger partial charge in [-0.2, -0.15) is 0 Å². The fourth-order valence-corrected chi connectivity index (χ4v) is 1.68. The monoisotopic (exact) mass is 316 g/mol. The highest BCUT2D eigenvalue weighted by atomic mass is 79.9. The number of hydrogen-bond donors (Lipinski definition) is 2. The molecule has 5 nitrogen and oxygen atoms in total. The number of carbonyl (C=O) groups excluding carboxylic acids is 1. The van der Waals surface area contributed by atoms with Gasteiger partial charge in [0, 0.05) is 18.8 Å². The van der Waals surface area contributed by atoms with Crippen LogP contribution in [0.3, 0.4) is 0 Å². The van der Waals surface area contributed by atoms with Gasteiger partial charge in [-0.25, -0.2) is 4.79 Å². The highest BCUT2D eigenvalue weighted by Crippen LogP contribution is 2.27. The van der Waals surface area contributed by atoms with Crippen LogP contribution in [0.4, 0.5) is 10.5 Å². The average molecular weight is 317 g/mol. The lowest BCUT2D eigenvalue weighted by Gasteiger charge is -2.23. The van der Waals surface area contributed by atoms with E-state index in [-0.39, 0.29) is 18.7 Å². The summed E-state index contributed by atoms with van der Waals surface area (Å²) in [6.45, 7) is 1.69. The molecule has 2 amide bonds. The molecule has 0 radical (unpaired) electrons. The second-order valence-electron chi connectivity index (χ2n) is 3.92. The zero-order valence-electron chi connectivity index (χ0n) is 10.6. The Balaban J connectivity index is 2.76. The normalized spacial score (nSPS) is 11.8. The molecule has 0 aliphatic heterocycles. The van der Waals surface area contributed by atoms with Gasteiger partial charge < -0.3 is 20.1 Å². The largest absolute Gasteiger partial charge is 0.495 e. The van der Waals surface area contributed by atoms with E-state index in [1.54, 1.807) is 39.3 Å². The van der Waals surface area contributed by atoms with Gasteiger partial charge in [0.25, 0.3) is 0 Å². The molecule has 2 N–H and O–H groups in total. The van der Waals surface area contributed by atoms with Crippen molar-refractivity contribution in [3.8, 4) is 5.75 Å². The van der Waals surface area contributed by atoms with Crippen molar-refractivity contribution in [2.45, 2.75) is 13.0 Å². The minimum absolute atomic E-state index is 0.0758. The zero-order valence-corrected chi connectivity index (χ0v) is 12.2. The molecule has 0 saturated carbocycles. The van der Waals surface area contributed by atoms with Crippen LogP contribution in [0.25, 0.3) is 0 Å². The Morgan fingerprint density at radius 2 is 2.28 bits per heavy atom. The molecule has 1 aromatic carbocycles. The molecule has 0 fully saturated rings. The van der Waals surface area contributed by atoms with Crippen molar-refractivity contribution in [3.63, 3.8) is 0 Å². The standard InChI is InChI=1S/C12H17BrN2O3/c1-8(7-16)15(2)12(17)14-9-4-5-10(13)11(6-9)18-3/h4-6,8,16H,7H2,1-3H3,(H,14,17). The number of aliphatic hydroxyl groups excluding tert-OH is 1. The molecule has 0 aliphatic rings. The molecule has 0 heterocycles. The Morgan fingerprint density at radius 1 is 1.61 bits per heavy atom. The molecule has 18 heavy (non-hydrogen) atoms. The van der Waals surface area contributed by atoms with Gasteiger partial charge in [-0.05, 0) is 35.0 Å². The minimum Gasteiger partial charge on any atom is -0.495 e. The molecule has 0 aliphatic carbocycles. The van der Waals surface area contributed by atoms with Gasteiger partial charge in [-0.1, -0.05) is 0 Å². The third-order valence-electron chi connectivity index (χ3n) is 2.65. The number of carbonyl (C=O) groups is 1. The van der Waals surface area contributed by atoms with Crippen LogP contribution in [0.1, 0.15) is 6.92 Å². The summed E-state index contributed by atoms with van der Waals surface area (Å²) in [6, 6.07) is 4.77. The van der Waals surface area contributed by atoms with E-state index in [1.165, 1.54) is 4.90 Å². The van der Waals surface area contributed by atoms with Crippen LogP contribution in [-0.4, -0.2) is 42.8 Å². The van der Waals surface area contributed by atoms with Gasteiger partial charge in [0.05, 0.1) is 24.2 Å². The van der Waals surface area contributed by atoms with E-state index in [2.05, 4.69) is 21.2 Å². The molecule has 0 spiro atoms. The first-order valence-electron chi connectivity index (χ1n) is 5.47. The molecule has 6 heteroatoms. The summed E-state index contributed by atoms with van der Waals surface area (Å²) in [4.78, 5) is 13.3. The lowest BCUT2D eigenvalue weighted by atomic mass is 10.3. The van der Waals surface area contributed by atoms with E-state index in [0.717, 1.165) is 4.47 Å². The number of amides is 2. The van der Waals surface area contributed by atoms with Crippen molar-refractivity contribution in [1.82, 2.24) is 4.90 Å². The number of likely N-dealkylation sites (N-methyl/N-ethyl adjacent to an activating group) is 1. The van der Waals surface area contributed by atoms with Crippen molar-refractivity contribution in [2.24, 2.45) is 0 Å². The predicted molar refractivity (Wildman–Crippen MR) is 74.0 cm³/mol. The Bertz CT molecular complexity index is 426. The van der Waals surface area contributed by atoms with Crippen molar-refractivity contribution < 1.29 is 14.6 Å². The van der Waals surface area contributed by atoms with E-state index >= 15 is 0 Å². The summed E-state index contributed by atoms with van der Waals surface area (Å²) in [5.41, 5.74) is 0.636. The van der Waals surface area contributed by atoms with Gasteiger partial charge in [0.15, 0.2) is 0 Å². The number of methoxy groups -OCH3 is 1. The van der Waals surface area contributed by atoms with Gasteiger partial charge >= 0.3 is 6.03 Å². The van der Waals surface area contributed by atoms with Crippen LogP contribution in [-0.2, 0) is 0 Å². The zero-order chi connectivity index (χ0) is 13.7. The van der Waals surface area contributed by atoms with Crippen molar-refractivity contribution >= 4 is 27.6 Å². The number of benzene rings is 1. The molecular formula is C12H17BrN2O3. The summed E-state index contributed by atoms with van der Waals surface area (Å²) in [5.74, 6) is 0.644. The molecule has 0 saturated heterocycles. The molecular weight excluding hydrogens is 300 g/mol. The SMILES string of the molecule is COc1cc(NC(=O)N(C)C(C)CO)ccc1Br. The lowest BCUT2D eigenvalue weighted by molar-refractivity contribution is 0.166. The number of anilines is 1. The molecule has 0 bridgehead atoms. The fraction of sp³-hybridized carbons (Fsp3) is 0.417. The van der Waals surface area contributed by atoms with Crippen molar-refractivity contribution in [2.75, 3.05) is 26.1 Å². The minimum atomic E-state index is -0.277. The van der Waals surface area contributed by atoms with Crippen molar-refractivity contribution in [1.29, 1.82) is 0 Å². The summed E-state index contributed by atoms with van der Waals surface area (Å²) in [5, 5.41) is 11.7. The molecule has 1 unspecified atom stereocenters. The summed E-state index contributed by atoms with van der Waals surface area (Å²) in [7, 11) is 3.19. The van der Waals surface area contributed by atoms with Crippen LogP contribution >= 0.6 is 15.9 Å². The maximum Gasteiger partial charge on any atom is 0.321 e. The second-order valence-corrected chi connectivity index (χ2v) is 4.78. The Morgan fingerprint density at radius 3 is 2.83 bits per heavy atom. The first-order chi connectivity index (χ1) is 8.49. The maximum atomic E-state index is 11.8. The number of urea groups is 1. The quantitative estimate of drug-likeness (QED) is 0.896. The van der Waals surface area contributed by atoms with Gasteiger partial charge in [-0.3, -0.25) is 0 Å². The third kappa shape index (κ3) is 3.61. The first-order valence-corrected chi connectivity index (χ1v) is 6.27. The first kappa shape index (κ1) is 14.8. The summed E-state index contributed by atoms with van der Waals surface area (Å²) in [6.07, 6.45) is 0. The summed E-state index contributed by atoms with van der Waals surface area (Å²) < 4.78 is 5.96.